The van der Waals surface area contributed by atoms with Gasteiger partial charge in [-0.1, -0.05) is 30.3 Å². The van der Waals surface area contributed by atoms with Crippen LogP contribution in [0.3, 0.4) is 0 Å². The number of rotatable bonds is 6. The molecule has 8 nitrogen and oxygen atoms in total. The normalized spacial score (nSPS) is 22.9. The lowest BCUT2D eigenvalue weighted by Gasteiger charge is -2.29. The van der Waals surface area contributed by atoms with Crippen LogP contribution in [0.25, 0.3) is 11.4 Å². The van der Waals surface area contributed by atoms with Crippen LogP contribution >= 0.6 is 0 Å². The smallest absolute Gasteiger partial charge is 0.228 e. The number of nitrogens with one attached hydrogen (secondary N) is 1. The van der Waals surface area contributed by atoms with Crippen molar-refractivity contribution in [1.29, 1.82) is 0 Å². The van der Waals surface area contributed by atoms with Gasteiger partial charge in [0.15, 0.2) is 0 Å². The van der Waals surface area contributed by atoms with Crippen molar-refractivity contribution in [2.75, 3.05) is 0 Å². The van der Waals surface area contributed by atoms with Crippen molar-refractivity contribution in [3.8, 4) is 11.4 Å². The SMILES string of the molecule is O=C(NC1CCC(n2nnc(-c3ccccc3)n2)CC1)C1(Cn2ccnc2)CC1. The molecule has 0 radical (unpaired) electrons. The maximum atomic E-state index is 12.8. The zero-order chi connectivity index (χ0) is 19.7. The molecule has 0 unspecified atom stereocenters. The van der Waals surface area contributed by atoms with Crippen molar-refractivity contribution in [2.24, 2.45) is 5.41 Å². The maximum absolute atomic E-state index is 12.8. The standard InChI is InChI=1S/C21H25N7O/c29-20(21(10-11-21)14-27-13-12-22-15-27)23-17-6-8-18(9-7-17)28-25-19(24-26-28)16-4-2-1-3-5-16/h1-5,12-13,15,17-18H,6-11,14H2,(H,23,29). The number of carbonyl (C=O) groups is 1. The van der Waals surface area contributed by atoms with Gasteiger partial charge in [0, 0.05) is 30.5 Å². The van der Waals surface area contributed by atoms with Crippen LogP contribution in [-0.2, 0) is 11.3 Å². The largest absolute Gasteiger partial charge is 0.353 e. The number of hydrogen-bond acceptors (Lipinski definition) is 5. The highest BCUT2D eigenvalue weighted by Gasteiger charge is 2.50. The quantitative estimate of drug-likeness (QED) is 0.698. The van der Waals surface area contributed by atoms with Gasteiger partial charge in [0.05, 0.1) is 17.8 Å². The third-order valence-corrected chi connectivity index (χ3v) is 6.20. The zero-order valence-corrected chi connectivity index (χ0v) is 16.3. The van der Waals surface area contributed by atoms with Gasteiger partial charge in [0.1, 0.15) is 0 Å². The molecule has 29 heavy (non-hydrogen) atoms. The lowest BCUT2D eigenvalue weighted by molar-refractivity contribution is -0.127. The molecule has 0 bridgehead atoms. The monoisotopic (exact) mass is 391 g/mol. The number of imidazole rings is 1. The van der Waals surface area contributed by atoms with E-state index >= 15 is 0 Å². The van der Waals surface area contributed by atoms with E-state index in [2.05, 4.69) is 25.7 Å². The highest BCUT2D eigenvalue weighted by atomic mass is 16.2. The van der Waals surface area contributed by atoms with Crippen LogP contribution in [0.4, 0.5) is 0 Å². The van der Waals surface area contributed by atoms with Gasteiger partial charge in [-0.05, 0) is 43.7 Å². The fourth-order valence-electron chi connectivity index (χ4n) is 4.21. The second kappa shape index (κ2) is 7.42. The first-order valence-electron chi connectivity index (χ1n) is 10.3. The molecule has 2 heterocycles. The average molecular weight is 391 g/mol. The molecule has 1 N–H and O–H groups in total. The minimum atomic E-state index is -0.240. The van der Waals surface area contributed by atoms with Gasteiger partial charge in [-0.25, -0.2) is 4.98 Å². The Bertz CT molecular complexity index is 954. The summed E-state index contributed by atoms with van der Waals surface area (Å²) < 4.78 is 2.00. The molecule has 2 aliphatic rings. The molecule has 5 rings (SSSR count). The van der Waals surface area contributed by atoms with Crippen LogP contribution in [0.1, 0.15) is 44.6 Å². The Kier molecular flexibility index (Phi) is 4.61. The molecule has 2 fully saturated rings. The lowest BCUT2D eigenvalue weighted by atomic mass is 9.91. The molecule has 2 aliphatic carbocycles. The van der Waals surface area contributed by atoms with Gasteiger partial charge in [-0.2, -0.15) is 4.80 Å². The van der Waals surface area contributed by atoms with Gasteiger partial charge in [0.2, 0.25) is 11.7 Å². The summed E-state index contributed by atoms with van der Waals surface area (Å²) in [6, 6.07) is 10.4. The zero-order valence-electron chi connectivity index (χ0n) is 16.3. The van der Waals surface area contributed by atoms with Crippen molar-refractivity contribution in [1.82, 2.24) is 35.1 Å². The summed E-state index contributed by atoms with van der Waals surface area (Å²) in [5, 5.41) is 16.4. The molecular formula is C21H25N7O. The molecule has 0 spiro atoms. The van der Waals surface area contributed by atoms with E-state index in [0.29, 0.717) is 5.82 Å². The van der Waals surface area contributed by atoms with Crippen molar-refractivity contribution in [2.45, 2.75) is 57.2 Å². The summed E-state index contributed by atoms with van der Waals surface area (Å²) in [5.74, 6) is 0.857. The first-order valence-corrected chi connectivity index (χ1v) is 10.3. The molecular weight excluding hydrogens is 366 g/mol. The predicted molar refractivity (Wildman–Crippen MR) is 107 cm³/mol. The first kappa shape index (κ1) is 18.0. The molecule has 2 aromatic heterocycles. The molecule has 0 saturated heterocycles. The van der Waals surface area contributed by atoms with Crippen LogP contribution in [0.15, 0.2) is 49.1 Å². The molecule has 0 aliphatic heterocycles. The van der Waals surface area contributed by atoms with E-state index in [-0.39, 0.29) is 23.4 Å². The Hall–Kier alpha value is -3.03. The molecule has 1 aromatic carbocycles. The second-order valence-corrected chi connectivity index (χ2v) is 8.29. The van der Waals surface area contributed by atoms with E-state index in [1.54, 1.807) is 17.3 Å². The van der Waals surface area contributed by atoms with Crippen molar-refractivity contribution in [3.05, 3.63) is 49.1 Å². The number of amides is 1. The van der Waals surface area contributed by atoms with Crippen molar-refractivity contribution >= 4 is 5.91 Å². The third-order valence-electron chi connectivity index (χ3n) is 6.20. The summed E-state index contributed by atoms with van der Waals surface area (Å²) in [7, 11) is 0. The highest BCUT2D eigenvalue weighted by molar-refractivity contribution is 5.85. The second-order valence-electron chi connectivity index (χ2n) is 8.29. The van der Waals surface area contributed by atoms with Crippen LogP contribution in [-0.4, -0.2) is 41.7 Å². The molecule has 8 heteroatoms. The Morgan fingerprint density at radius 2 is 1.93 bits per heavy atom. The molecule has 150 valence electrons. The Morgan fingerprint density at radius 1 is 1.14 bits per heavy atom. The van der Waals surface area contributed by atoms with E-state index in [0.717, 1.165) is 50.6 Å². The Balaban J connectivity index is 1.15. The number of carbonyl (C=O) groups excluding carboxylic acids is 1. The van der Waals surface area contributed by atoms with Crippen LogP contribution in [0, 0.1) is 5.41 Å². The third kappa shape index (κ3) is 3.79. The minimum absolute atomic E-state index is 0.194. The minimum Gasteiger partial charge on any atom is -0.353 e. The van der Waals surface area contributed by atoms with E-state index in [9.17, 15) is 4.79 Å². The molecule has 3 aromatic rings. The Labute approximate surface area is 169 Å². The average Bonchev–Trinajstić information content (AvgIpc) is 3.15. The van der Waals surface area contributed by atoms with Crippen molar-refractivity contribution < 1.29 is 4.79 Å². The fourth-order valence-corrected chi connectivity index (χ4v) is 4.21. The summed E-state index contributed by atoms with van der Waals surface area (Å²) in [4.78, 5) is 18.7. The fraction of sp³-hybridized carbons (Fsp3) is 0.476. The van der Waals surface area contributed by atoms with E-state index in [1.807, 2.05) is 41.1 Å². The lowest BCUT2D eigenvalue weighted by Crippen LogP contribution is -2.43. The van der Waals surface area contributed by atoms with Gasteiger partial charge in [-0.3, -0.25) is 4.79 Å². The predicted octanol–water partition coefficient (Wildman–Crippen LogP) is 2.62. The number of tetrazole rings is 1. The van der Waals surface area contributed by atoms with Gasteiger partial charge < -0.3 is 9.88 Å². The van der Waals surface area contributed by atoms with Gasteiger partial charge in [-0.15, -0.1) is 10.2 Å². The number of nitrogens with zero attached hydrogens (tertiary/aromatic N) is 6. The van der Waals surface area contributed by atoms with E-state index in [1.165, 1.54) is 0 Å². The van der Waals surface area contributed by atoms with E-state index in [4.69, 9.17) is 0 Å². The summed E-state index contributed by atoms with van der Waals surface area (Å²) >= 11 is 0. The maximum Gasteiger partial charge on any atom is 0.228 e. The molecule has 0 atom stereocenters. The summed E-state index contributed by atoms with van der Waals surface area (Å²) in [5.41, 5.74) is 0.739. The van der Waals surface area contributed by atoms with Gasteiger partial charge >= 0.3 is 0 Å². The van der Waals surface area contributed by atoms with Crippen molar-refractivity contribution in [3.63, 3.8) is 0 Å². The van der Waals surface area contributed by atoms with Gasteiger partial charge in [0.25, 0.3) is 0 Å². The van der Waals surface area contributed by atoms with Crippen LogP contribution in [0.2, 0.25) is 0 Å². The number of aromatic nitrogens is 6. The number of benzene rings is 1. The Morgan fingerprint density at radius 3 is 2.62 bits per heavy atom. The van der Waals surface area contributed by atoms with Crippen LogP contribution < -0.4 is 5.32 Å². The number of hydrogen-bond donors (Lipinski definition) is 1. The van der Waals surface area contributed by atoms with E-state index < -0.39 is 0 Å². The summed E-state index contributed by atoms with van der Waals surface area (Å²) in [6.07, 6.45) is 11.2. The topological polar surface area (TPSA) is 90.5 Å². The van der Waals surface area contributed by atoms with Crippen LogP contribution in [0.5, 0.6) is 0 Å². The summed E-state index contributed by atoms with van der Waals surface area (Å²) in [6.45, 7) is 0.722. The molecule has 2 saturated carbocycles. The first-order chi connectivity index (χ1) is 14.2. The highest BCUT2D eigenvalue weighted by Crippen LogP contribution is 2.47. The molecule has 1 amide bonds.